The minimum atomic E-state index is -0.0715. The lowest BCUT2D eigenvalue weighted by Crippen LogP contribution is -2.35. The van der Waals surface area contributed by atoms with Crippen molar-refractivity contribution in [3.8, 4) is 0 Å². The van der Waals surface area contributed by atoms with E-state index in [2.05, 4.69) is 98.6 Å². The molecular formula is C25H29N3. The highest BCUT2D eigenvalue weighted by molar-refractivity contribution is 5.80. The zero-order valence-corrected chi connectivity index (χ0v) is 17.2. The number of hydrogen-bond donors (Lipinski definition) is 2. The Kier molecular flexibility index (Phi) is 4.64. The minimum Gasteiger partial charge on any atom is -0.356 e. The van der Waals surface area contributed by atoms with E-state index in [9.17, 15) is 0 Å². The molecule has 0 aromatic heterocycles. The van der Waals surface area contributed by atoms with Crippen molar-refractivity contribution in [3.63, 3.8) is 0 Å². The third kappa shape index (κ3) is 3.06. The molecule has 1 aliphatic rings. The van der Waals surface area contributed by atoms with Crippen molar-refractivity contribution >= 4 is 22.7 Å². The van der Waals surface area contributed by atoms with Gasteiger partial charge in [0, 0.05) is 41.3 Å². The Hall–Kier alpha value is -2.78. The van der Waals surface area contributed by atoms with Crippen LogP contribution in [-0.2, 0) is 5.41 Å². The fourth-order valence-electron chi connectivity index (χ4n) is 4.22. The molecule has 4 rings (SSSR count). The lowest BCUT2D eigenvalue weighted by Gasteiger charge is -2.42. The number of hydrogen-bond acceptors (Lipinski definition) is 3. The third-order valence-electron chi connectivity index (χ3n) is 5.98. The Morgan fingerprint density at radius 2 is 1.50 bits per heavy atom. The summed E-state index contributed by atoms with van der Waals surface area (Å²) in [7, 11) is 0. The number of rotatable bonds is 4. The molecule has 0 unspecified atom stereocenters. The standard InChI is InChI=1S/C25H29N3/c1-17-9-10-19(15-18(17)2)27-20-11-12-24-22(16-20)25(3,4)21-7-5-6-8-23(21)28(24)14-13-26/h5-12,15-16,27H,13-14,26H2,1-4H3. The van der Waals surface area contributed by atoms with Crippen LogP contribution in [0.25, 0.3) is 0 Å². The summed E-state index contributed by atoms with van der Waals surface area (Å²) in [5, 5.41) is 3.59. The van der Waals surface area contributed by atoms with Crippen molar-refractivity contribution in [2.24, 2.45) is 5.73 Å². The van der Waals surface area contributed by atoms with Crippen molar-refractivity contribution < 1.29 is 0 Å². The number of aryl methyl sites for hydroxylation is 2. The second-order valence-electron chi connectivity index (χ2n) is 8.24. The van der Waals surface area contributed by atoms with Crippen LogP contribution in [0.15, 0.2) is 60.7 Å². The summed E-state index contributed by atoms with van der Waals surface area (Å²) in [5.41, 5.74) is 15.9. The summed E-state index contributed by atoms with van der Waals surface area (Å²) < 4.78 is 0. The molecule has 0 amide bonds. The summed E-state index contributed by atoms with van der Waals surface area (Å²) in [4.78, 5) is 2.36. The second kappa shape index (κ2) is 6.99. The van der Waals surface area contributed by atoms with Gasteiger partial charge in [0.05, 0.1) is 0 Å². The van der Waals surface area contributed by atoms with Crippen LogP contribution in [0.2, 0.25) is 0 Å². The lowest BCUT2D eigenvalue weighted by molar-refractivity contribution is 0.624. The van der Waals surface area contributed by atoms with Gasteiger partial charge < -0.3 is 16.0 Å². The first-order valence-electron chi connectivity index (χ1n) is 9.98. The predicted molar refractivity (Wildman–Crippen MR) is 120 cm³/mol. The SMILES string of the molecule is Cc1ccc(Nc2ccc3c(c2)C(C)(C)c2ccccc2N3CCN)cc1C. The molecule has 0 bridgehead atoms. The molecule has 0 spiro atoms. The fraction of sp³-hybridized carbons (Fsp3) is 0.280. The molecule has 3 heteroatoms. The summed E-state index contributed by atoms with van der Waals surface area (Å²) in [6.45, 7) is 10.3. The predicted octanol–water partition coefficient (Wildman–Crippen LogP) is 5.78. The van der Waals surface area contributed by atoms with Gasteiger partial charge in [0.15, 0.2) is 0 Å². The third-order valence-corrected chi connectivity index (χ3v) is 5.98. The summed E-state index contributed by atoms with van der Waals surface area (Å²) in [6.07, 6.45) is 0. The molecule has 0 fully saturated rings. The van der Waals surface area contributed by atoms with E-state index in [4.69, 9.17) is 5.73 Å². The maximum Gasteiger partial charge on any atom is 0.0454 e. The minimum absolute atomic E-state index is 0.0715. The number of benzene rings is 3. The van der Waals surface area contributed by atoms with Crippen molar-refractivity contribution in [1.82, 2.24) is 0 Å². The van der Waals surface area contributed by atoms with Gasteiger partial charge >= 0.3 is 0 Å². The van der Waals surface area contributed by atoms with Gasteiger partial charge in [-0.25, -0.2) is 0 Å². The van der Waals surface area contributed by atoms with E-state index in [1.807, 2.05) is 0 Å². The Morgan fingerprint density at radius 3 is 2.25 bits per heavy atom. The smallest absolute Gasteiger partial charge is 0.0454 e. The highest BCUT2D eigenvalue weighted by Gasteiger charge is 2.35. The number of nitrogens with zero attached hydrogens (tertiary/aromatic N) is 1. The molecule has 3 nitrogen and oxygen atoms in total. The van der Waals surface area contributed by atoms with Crippen LogP contribution in [0.4, 0.5) is 22.7 Å². The first-order valence-corrected chi connectivity index (χ1v) is 9.98. The molecule has 0 radical (unpaired) electrons. The van der Waals surface area contributed by atoms with Gasteiger partial charge in [-0.2, -0.15) is 0 Å². The van der Waals surface area contributed by atoms with Gasteiger partial charge in [0.2, 0.25) is 0 Å². The fourth-order valence-corrected chi connectivity index (χ4v) is 4.22. The largest absolute Gasteiger partial charge is 0.356 e. The molecule has 0 saturated heterocycles. The zero-order chi connectivity index (χ0) is 19.9. The van der Waals surface area contributed by atoms with Gasteiger partial charge in [0.25, 0.3) is 0 Å². The summed E-state index contributed by atoms with van der Waals surface area (Å²) in [5.74, 6) is 0. The van der Waals surface area contributed by atoms with E-state index in [0.717, 1.165) is 17.9 Å². The topological polar surface area (TPSA) is 41.3 Å². The van der Waals surface area contributed by atoms with Crippen LogP contribution < -0.4 is 16.0 Å². The molecule has 3 N–H and O–H groups in total. The average Bonchev–Trinajstić information content (AvgIpc) is 2.68. The molecule has 1 aliphatic heterocycles. The zero-order valence-electron chi connectivity index (χ0n) is 17.2. The van der Waals surface area contributed by atoms with Crippen LogP contribution in [0, 0.1) is 13.8 Å². The van der Waals surface area contributed by atoms with E-state index in [-0.39, 0.29) is 5.41 Å². The first-order chi connectivity index (χ1) is 13.4. The van der Waals surface area contributed by atoms with Crippen molar-refractivity contribution in [1.29, 1.82) is 0 Å². The second-order valence-corrected chi connectivity index (χ2v) is 8.24. The van der Waals surface area contributed by atoms with Crippen LogP contribution >= 0.6 is 0 Å². The number of nitrogens with one attached hydrogen (secondary N) is 1. The number of para-hydroxylation sites is 1. The quantitative estimate of drug-likeness (QED) is 0.610. The maximum absolute atomic E-state index is 5.95. The number of anilines is 4. The highest BCUT2D eigenvalue weighted by Crippen LogP contribution is 2.49. The molecule has 0 atom stereocenters. The normalized spacial score (nSPS) is 14.4. The molecule has 1 heterocycles. The Morgan fingerprint density at radius 1 is 0.821 bits per heavy atom. The molecule has 28 heavy (non-hydrogen) atoms. The lowest BCUT2D eigenvalue weighted by atomic mass is 9.73. The summed E-state index contributed by atoms with van der Waals surface area (Å²) in [6, 6.07) is 21.9. The molecule has 144 valence electrons. The maximum atomic E-state index is 5.95. The van der Waals surface area contributed by atoms with E-state index in [0.29, 0.717) is 6.54 Å². The van der Waals surface area contributed by atoms with Crippen molar-refractivity contribution in [3.05, 3.63) is 82.9 Å². The van der Waals surface area contributed by atoms with E-state index in [1.165, 1.54) is 33.6 Å². The Bertz CT molecular complexity index is 1020. The van der Waals surface area contributed by atoms with Gasteiger partial charge in [-0.1, -0.05) is 38.1 Å². The highest BCUT2D eigenvalue weighted by atomic mass is 15.2. The van der Waals surface area contributed by atoms with Crippen molar-refractivity contribution in [2.45, 2.75) is 33.1 Å². The van der Waals surface area contributed by atoms with E-state index in [1.54, 1.807) is 0 Å². The van der Waals surface area contributed by atoms with Gasteiger partial charge in [-0.15, -0.1) is 0 Å². The molecule has 0 aliphatic carbocycles. The van der Waals surface area contributed by atoms with Gasteiger partial charge in [-0.05, 0) is 72.5 Å². The summed E-state index contributed by atoms with van der Waals surface area (Å²) >= 11 is 0. The molecular weight excluding hydrogens is 342 g/mol. The monoisotopic (exact) mass is 371 g/mol. The number of nitrogens with two attached hydrogens (primary N) is 1. The van der Waals surface area contributed by atoms with Crippen LogP contribution in [0.5, 0.6) is 0 Å². The molecule has 0 saturated carbocycles. The molecule has 3 aromatic carbocycles. The molecule has 3 aromatic rings. The van der Waals surface area contributed by atoms with Crippen LogP contribution in [0.3, 0.4) is 0 Å². The number of fused-ring (bicyclic) bond motifs is 2. The average molecular weight is 372 g/mol. The Balaban J connectivity index is 1.78. The van der Waals surface area contributed by atoms with Gasteiger partial charge in [-0.3, -0.25) is 0 Å². The van der Waals surface area contributed by atoms with E-state index < -0.39 is 0 Å². The first kappa shape index (κ1) is 18.6. The van der Waals surface area contributed by atoms with Crippen molar-refractivity contribution in [2.75, 3.05) is 23.3 Å². The Labute approximate surface area is 168 Å². The van der Waals surface area contributed by atoms with E-state index >= 15 is 0 Å². The van der Waals surface area contributed by atoms with Gasteiger partial charge in [0.1, 0.15) is 0 Å². The van der Waals surface area contributed by atoms with Crippen LogP contribution in [-0.4, -0.2) is 13.1 Å². The van der Waals surface area contributed by atoms with Crippen LogP contribution in [0.1, 0.15) is 36.1 Å².